The molecule has 1 heterocycles. The molecule has 0 saturated carbocycles. The Morgan fingerprint density at radius 1 is 1.43 bits per heavy atom. The minimum absolute atomic E-state index is 0.262. The van der Waals surface area contributed by atoms with Gasteiger partial charge >= 0.3 is 12.0 Å². The van der Waals surface area contributed by atoms with Crippen molar-refractivity contribution in [3.05, 3.63) is 58.8 Å². The van der Waals surface area contributed by atoms with Gasteiger partial charge in [0.15, 0.2) is 0 Å². The number of urea groups is 1. The molecule has 0 aromatic heterocycles. The second-order valence-corrected chi connectivity index (χ2v) is 5.49. The summed E-state index contributed by atoms with van der Waals surface area (Å²) in [5.41, 5.74) is 1.74. The Balaban J connectivity index is 2.50. The first-order valence-electron chi connectivity index (χ1n) is 7.31. The predicted molar refractivity (Wildman–Crippen MR) is 89.0 cm³/mol. The molecule has 1 N–H and O–H groups in total. The molecule has 1 unspecified atom stereocenters. The third-order valence-electron chi connectivity index (χ3n) is 3.61. The molecule has 1 aromatic carbocycles. The van der Waals surface area contributed by atoms with Gasteiger partial charge < -0.3 is 10.1 Å². The van der Waals surface area contributed by atoms with E-state index in [1.807, 2.05) is 0 Å². The molecule has 122 valence electrons. The molecule has 0 bridgehead atoms. The molecule has 0 saturated heterocycles. The number of esters is 1. The summed E-state index contributed by atoms with van der Waals surface area (Å²) in [4.78, 5) is 26.2. The molecule has 2 rings (SSSR count). The maximum atomic E-state index is 12.4. The van der Waals surface area contributed by atoms with E-state index >= 15 is 0 Å². The number of carbonyl (C=O) groups is 2. The van der Waals surface area contributed by atoms with Crippen LogP contribution in [-0.4, -0.2) is 30.1 Å². The van der Waals surface area contributed by atoms with Gasteiger partial charge in [-0.05, 0) is 31.5 Å². The fraction of sp³-hybridized carbons (Fsp3) is 0.294. The molecule has 0 radical (unpaired) electrons. The molecular weight excluding hydrogens is 316 g/mol. The van der Waals surface area contributed by atoms with Gasteiger partial charge in [-0.1, -0.05) is 29.8 Å². The summed E-state index contributed by atoms with van der Waals surface area (Å²) in [6, 6.07) is 6.15. The van der Waals surface area contributed by atoms with E-state index < -0.39 is 12.0 Å². The Morgan fingerprint density at radius 2 is 2.09 bits per heavy atom. The number of carbonyl (C=O) groups excluding carboxylic acids is 2. The molecular formula is C17H19ClN2O3. The Kier molecular flexibility index (Phi) is 5.45. The highest BCUT2D eigenvalue weighted by molar-refractivity contribution is 6.30. The van der Waals surface area contributed by atoms with Gasteiger partial charge in [-0.3, -0.25) is 4.90 Å². The molecule has 0 aliphatic carbocycles. The quantitative estimate of drug-likeness (QED) is 0.663. The summed E-state index contributed by atoms with van der Waals surface area (Å²) < 4.78 is 5.16. The second-order valence-electron chi connectivity index (χ2n) is 5.05. The van der Waals surface area contributed by atoms with Crippen LogP contribution in [0.1, 0.15) is 25.5 Å². The molecule has 1 aliphatic heterocycles. The number of halogens is 1. The third kappa shape index (κ3) is 3.56. The van der Waals surface area contributed by atoms with Crippen LogP contribution in [0.25, 0.3) is 0 Å². The van der Waals surface area contributed by atoms with Crippen molar-refractivity contribution < 1.29 is 14.3 Å². The molecule has 1 aromatic rings. The summed E-state index contributed by atoms with van der Waals surface area (Å²) in [6.45, 7) is 7.69. The number of nitrogens with one attached hydrogen (secondary N) is 1. The molecule has 23 heavy (non-hydrogen) atoms. The molecule has 2 amide bonds. The van der Waals surface area contributed by atoms with Gasteiger partial charge in [0.2, 0.25) is 0 Å². The maximum Gasteiger partial charge on any atom is 0.338 e. The van der Waals surface area contributed by atoms with Gasteiger partial charge in [0, 0.05) is 17.3 Å². The zero-order valence-corrected chi connectivity index (χ0v) is 13.9. The van der Waals surface area contributed by atoms with Gasteiger partial charge in [-0.15, -0.1) is 6.58 Å². The standard InChI is InChI=1S/C17H19ClN2O3/c1-4-10-20-11(3)14(16(21)23-5-2)15(19-17(20)22)12-6-8-13(18)9-7-12/h4,6-9,15H,1,5,10H2,2-3H3,(H,19,22). The van der Waals surface area contributed by atoms with E-state index in [9.17, 15) is 9.59 Å². The SMILES string of the molecule is C=CCN1C(=O)NC(c2ccc(Cl)cc2)C(C(=O)OCC)=C1C. The smallest absolute Gasteiger partial charge is 0.338 e. The highest BCUT2D eigenvalue weighted by Crippen LogP contribution is 2.31. The van der Waals surface area contributed by atoms with Crippen LogP contribution in [0.15, 0.2) is 48.2 Å². The van der Waals surface area contributed by atoms with Crippen LogP contribution >= 0.6 is 11.6 Å². The third-order valence-corrected chi connectivity index (χ3v) is 3.86. The zero-order chi connectivity index (χ0) is 17.0. The van der Waals surface area contributed by atoms with Crippen LogP contribution in [0.4, 0.5) is 4.79 Å². The number of allylic oxidation sites excluding steroid dienone is 1. The van der Waals surface area contributed by atoms with Gasteiger partial charge in [0.05, 0.1) is 18.2 Å². The first-order chi connectivity index (χ1) is 11.0. The first kappa shape index (κ1) is 17.1. The fourth-order valence-electron chi connectivity index (χ4n) is 2.51. The summed E-state index contributed by atoms with van der Waals surface area (Å²) in [6.07, 6.45) is 1.61. The molecule has 0 fully saturated rings. The van der Waals surface area contributed by atoms with Crippen molar-refractivity contribution in [2.75, 3.05) is 13.2 Å². The lowest BCUT2D eigenvalue weighted by molar-refractivity contribution is -0.139. The largest absolute Gasteiger partial charge is 0.463 e. The number of rotatable bonds is 5. The summed E-state index contributed by atoms with van der Waals surface area (Å²) in [5.74, 6) is -0.445. The summed E-state index contributed by atoms with van der Waals surface area (Å²) >= 11 is 5.91. The Morgan fingerprint density at radius 3 is 2.65 bits per heavy atom. The molecule has 0 spiro atoms. The van der Waals surface area contributed by atoms with Crippen LogP contribution in [-0.2, 0) is 9.53 Å². The molecule has 1 aliphatic rings. The Bertz CT molecular complexity index is 652. The minimum atomic E-state index is -0.570. The van der Waals surface area contributed by atoms with Crippen LogP contribution < -0.4 is 5.32 Å². The van der Waals surface area contributed by atoms with Crippen molar-refractivity contribution in [2.24, 2.45) is 0 Å². The maximum absolute atomic E-state index is 12.4. The monoisotopic (exact) mass is 334 g/mol. The van der Waals surface area contributed by atoms with Gasteiger partial charge in [0.1, 0.15) is 0 Å². The lowest BCUT2D eigenvalue weighted by atomic mass is 9.95. The van der Waals surface area contributed by atoms with E-state index in [1.165, 1.54) is 4.90 Å². The van der Waals surface area contributed by atoms with E-state index in [-0.39, 0.29) is 12.6 Å². The van der Waals surface area contributed by atoms with E-state index in [0.29, 0.717) is 22.8 Å². The Labute approximate surface area is 140 Å². The van der Waals surface area contributed by atoms with Crippen molar-refractivity contribution in [1.82, 2.24) is 10.2 Å². The van der Waals surface area contributed by atoms with Crippen LogP contribution in [0.2, 0.25) is 5.02 Å². The number of amides is 2. The van der Waals surface area contributed by atoms with Crippen molar-refractivity contribution in [2.45, 2.75) is 19.9 Å². The lowest BCUT2D eigenvalue weighted by Gasteiger charge is -2.34. The summed E-state index contributed by atoms with van der Waals surface area (Å²) in [7, 11) is 0. The van der Waals surface area contributed by atoms with Crippen molar-refractivity contribution in [3.8, 4) is 0 Å². The summed E-state index contributed by atoms with van der Waals surface area (Å²) in [5, 5.41) is 3.43. The predicted octanol–water partition coefficient (Wildman–Crippen LogP) is 3.43. The molecule has 6 heteroatoms. The van der Waals surface area contributed by atoms with Gasteiger partial charge in [0.25, 0.3) is 0 Å². The lowest BCUT2D eigenvalue weighted by Crippen LogP contribution is -2.48. The van der Waals surface area contributed by atoms with Crippen molar-refractivity contribution >= 4 is 23.6 Å². The number of benzene rings is 1. The normalized spacial score (nSPS) is 17.8. The van der Waals surface area contributed by atoms with Crippen LogP contribution in [0.3, 0.4) is 0 Å². The van der Waals surface area contributed by atoms with Gasteiger partial charge in [-0.2, -0.15) is 0 Å². The van der Waals surface area contributed by atoms with Gasteiger partial charge in [-0.25, -0.2) is 9.59 Å². The van der Waals surface area contributed by atoms with Crippen LogP contribution in [0.5, 0.6) is 0 Å². The first-order valence-corrected chi connectivity index (χ1v) is 7.69. The number of ether oxygens (including phenoxy) is 1. The fourth-order valence-corrected chi connectivity index (χ4v) is 2.63. The van der Waals surface area contributed by atoms with E-state index in [2.05, 4.69) is 11.9 Å². The Hall–Kier alpha value is -2.27. The average Bonchev–Trinajstić information content (AvgIpc) is 2.51. The number of hydrogen-bond donors (Lipinski definition) is 1. The topological polar surface area (TPSA) is 58.6 Å². The minimum Gasteiger partial charge on any atom is -0.463 e. The highest BCUT2D eigenvalue weighted by Gasteiger charge is 2.35. The molecule has 1 atom stereocenters. The highest BCUT2D eigenvalue weighted by atomic mass is 35.5. The zero-order valence-electron chi connectivity index (χ0n) is 13.1. The van der Waals surface area contributed by atoms with E-state index in [1.54, 1.807) is 44.2 Å². The van der Waals surface area contributed by atoms with E-state index in [0.717, 1.165) is 5.56 Å². The van der Waals surface area contributed by atoms with E-state index in [4.69, 9.17) is 16.3 Å². The number of nitrogens with zero attached hydrogens (tertiary/aromatic N) is 1. The van der Waals surface area contributed by atoms with Crippen molar-refractivity contribution in [3.63, 3.8) is 0 Å². The van der Waals surface area contributed by atoms with Crippen LogP contribution in [0, 0.1) is 0 Å². The number of hydrogen-bond acceptors (Lipinski definition) is 3. The molecule has 5 nitrogen and oxygen atoms in total. The second kappa shape index (κ2) is 7.33. The van der Waals surface area contributed by atoms with Crippen molar-refractivity contribution in [1.29, 1.82) is 0 Å². The average molecular weight is 335 g/mol.